The molecule has 0 bridgehead atoms. The highest BCUT2D eigenvalue weighted by Crippen LogP contribution is 2.18. The Bertz CT molecular complexity index is 564. The predicted molar refractivity (Wildman–Crippen MR) is 85.8 cm³/mol. The highest BCUT2D eigenvalue weighted by atomic mass is 32.2. The van der Waals surface area contributed by atoms with Crippen LogP contribution in [0.15, 0.2) is 41.3 Å². The molecule has 0 spiro atoms. The van der Waals surface area contributed by atoms with Gasteiger partial charge in [-0.25, -0.2) is 8.42 Å². The quantitative estimate of drug-likeness (QED) is 0.620. The Kier molecular flexibility index (Phi) is 5.96. The topological polar surface area (TPSA) is 49.4 Å². The second kappa shape index (κ2) is 7.73. The van der Waals surface area contributed by atoms with E-state index in [2.05, 4.69) is 12.2 Å². The molecule has 5 heteroatoms. The normalized spacial score (nSPS) is 16.2. The number of nitrogens with one attached hydrogen (secondary N) is 1. The monoisotopic (exact) mass is 308 g/mol. The van der Waals surface area contributed by atoms with Crippen molar-refractivity contribution in [2.75, 3.05) is 26.2 Å². The molecular formula is C16H24N2O2S. The molecule has 1 aromatic carbocycles. The van der Waals surface area contributed by atoms with Gasteiger partial charge in [-0.05, 0) is 50.0 Å². The van der Waals surface area contributed by atoms with Crippen LogP contribution in [0.5, 0.6) is 0 Å². The average Bonchev–Trinajstić information content (AvgIpc) is 2.53. The van der Waals surface area contributed by atoms with Gasteiger partial charge in [-0.15, -0.1) is 0 Å². The van der Waals surface area contributed by atoms with Gasteiger partial charge in [-0.2, -0.15) is 4.31 Å². The van der Waals surface area contributed by atoms with Gasteiger partial charge in [0.25, 0.3) is 0 Å². The second-order valence-corrected chi connectivity index (χ2v) is 7.21. The van der Waals surface area contributed by atoms with Crippen molar-refractivity contribution in [3.63, 3.8) is 0 Å². The third kappa shape index (κ3) is 4.40. The van der Waals surface area contributed by atoms with Crippen molar-refractivity contribution in [2.24, 2.45) is 0 Å². The number of hydrogen-bond donors (Lipinski definition) is 1. The Labute approximate surface area is 127 Å². The van der Waals surface area contributed by atoms with E-state index in [1.165, 1.54) is 4.31 Å². The van der Waals surface area contributed by atoms with E-state index >= 15 is 0 Å². The van der Waals surface area contributed by atoms with Crippen LogP contribution in [-0.4, -0.2) is 38.9 Å². The number of hydrogen-bond acceptors (Lipinski definition) is 3. The van der Waals surface area contributed by atoms with Crippen LogP contribution in [0, 0.1) is 0 Å². The largest absolute Gasteiger partial charge is 0.316 e. The number of sulfonamides is 1. The van der Waals surface area contributed by atoms with Crippen molar-refractivity contribution in [3.05, 3.63) is 42.0 Å². The Morgan fingerprint density at radius 3 is 2.52 bits per heavy atom. The summed E-state index contributed by atoms with van der Waals surface area (Å²) in [5.41, 5.74) is 1.16. The lowest BCUT2D eigenvalue weighted by atomic mass is 10.1. The van der Waals surface area contributed by atoms with Gasteiger partial charge in [-0.1, -0.05) is 31.2 Å². The minimum Gasteiger partial charge on any atom is -0.316 e. The maximum absolute atomic E-state index is 12.5. The first-order valence-corrected chi connectivity index (χ1v) is 9.03. The molecule has 0 saturated heterocycles. The zero-order valence-electron chi connectivity index (χ0n) is 12.6. The molecule has 0 aromatic heterocycles. The molecule has 0 unspecified atom stereocenters. The molecule has 0 radical (unpaired) electrons. The Morgan fingerprint density at radius 2 is 1.90 bits per heavy atom. The fourth-order valence-corrected chi connectivity index (χ4v) is 3.76. The molecular weight excluding hydrogens is 284 g/mol. The van der Waals surface area contributed by atoms with E-state index in [1.54, 1.807) is 12.1 Å². The van der Waals surface area contributed by atoms with E-state index < -0.39 is 10.0 Å². The number of rotatable bonds is 7. The van der Waals surface area contributed by atoms with Gasteiger partial charge in [-0.3, -0.25) is 0 Å². The molecule has 1 aliphatic heterocycles. The van der Waals surface area contributed by atoms with Crippen LogP contribution in [0.4, 0.5) is 0 Å². The lowest BCUT2D eigenvalue weighted by Gasteiger charge is -2.22. The molecule has 0 saturated carbocycles. The first kappa shape index (κ1) is 16.2. The van der Waals surface area contributed by atoms with E-state index in [9.17, 15) is 8.42 Å². The van der Waals surface area contributed by atoms with E-state index in [4.69, 9.17) is 0 Å². The minimum absolute atomic E-state index is 0.392. The molecule has 0 fully saturated rings. The van der Waals surface area contributed by atoms with Crippen LogP contribution in [0.1, 0.15) is 25.3 Å². The summed E-state index contributed by atoms with van der Waals surface area (Å²) in [4.78, 5) is 0.392. The van der Waals surface area contributed by atoms with Gasteiger partial charge in [0.15, 0.2) is 0 Å². The van der Waals surface area contributed by atoms with Crippen molar-refractivity contribution >= 4 is 10.0 Å². The van der Waals surface area contributed by atoms with Gasteiger partial charge in [0.2, 0.25) is 10.0 Å². The molecule has 1 aromatic rings. The molecule has 1 N–H and O–H groups in total. The highest BCUT2D eigenvalue weighted by molar-refractivity contribution is 7.89. The van der Waals surface area contributed by atoms with Crippen molar-refractivity contribution in [2.45, 2.75) is 31.1 Å². The van der Waals surface area contributed by atoms with Crippen LogP contribution in [0.25, 0.3) is 0 Å². The molecule has 1 aliphatic rings. The Morgan fingerprint density at radius 1 is 1.14 bits per heavy atom. The molecule has 0 atom stereocenters. The van der Waals surface area contributed by atoms with E-state index in [0.29, 0.717) is 18.0 Å². The van der Waals surface area contributed by atoms with Gasteiger partial charge in [0, 0.05) is 13.1 Å². The summed E-state index contributed by atoms with van der Waals surface area (Å²) in [6.07, 6.45) is 6.78. The standard InChI is InChI=1S/C16H24N2O2S/c1-2-11-17-12-10-15-6-8-16(9-7-15)21(19,20)18-13-4-3-5-14-18/h3-4,6-9,17H,2,5,10-14H2,1H3. The SMILES string of the molecule is CCCNCCc1ccc(S(=O)(=O)N2CC=CCC2)cc1. The summed E-state index contributed by atoms with van der Waals surface area (Å²) in [5, 5.41) is 3.35. The van der Waals surface area contributed by atoms with Gasteiger partial charge >= 0.3 is 0 Å². The lowest BCUT2D eigenvalue weighted by molar-refractivity contribution is 0.437. The molecule has 21 heavy (non-hydrogen) atoms. The van der Waals surface area contributed by atoms with Crippen molar-refractivity contribution in [1.82, 2.24) is 9.62 Å². The first-order valence-electron chi connectivity index (χ1n) is 7.59. The first-order chi connectivity index (χ1) is 10.1. The fraction of sp³-hybridized carbons (Fsp3) is 0.500. The maximum Gasteiger partial charge on any atom is 0.243 e. The smallest absolute Gasteiger partial charge is 0.243 e. The average molecular weight is 308 g/mol. The summed E-state index contributed by atoms with van der Waals surface area (Å²) in [7, 11) is -3.34. The molecule has 1 heterocycles. The Balaban J connectivity index is 1.99. The summed E-state index contributed by atoms with van der Waals surface area (Å²) >= 11 is 0. The lowest BCUT2D eigenvalue weighted by Crippen LogP contribution is -2.33. The summed E-state index contributed by atoms with van der Waals surface area (Å²) < 4.78 is 26.5. The zero-order chi connectivity index (χ0) is 15.1. The second-order valence-electron chi connectivity index (χ2n) is 5.27. The number of nitrogens with zero attached hydrogens (tertiary/aromatic N) is 1. The molecule has 4 nitrogen and oxygen atoms in total. The van der Waals surface area contributed by atoms with Gasteiger partial charge < -0.3 is 5.32 Å². The third-order valence-electron chi connectivity index (χ3n) is 3.60. The summed E-state index contributed by atoms with van der Waals surface area (Å²) in [6.45, 7) is 5.14. The van der Waals surface area contributed by atoms with Crippen molar-refractivity contribution < 1.29 is 8.42 Å². The van der Waals surface area contributed by atoms with Crippen LogP contribution in [0.3, 0.4) is 0 Å². The van der Waals surface area contributed by atoms with Crippen LogP contribution in [0.2, 0.25) is 0 Å². The van der Waals surface area contributed by atoms with E-state index in [1.807, 2.05) is 24.3 Å². The fourth-order valence-electron chi connectivity index (χ4n) is 2.35. The van der Waals surface area contributed by atoms with E-state index in [-0.39, 0.29) is 0 Å². The van der Waals surface area contributed by atoms with Gasteiger partial charge in [0.1, 0.15) is 0 Å². The molecule has 116 valence electrons. The predicted octanol–water partition coefficient (Wildman–Crippen LogP) is 2.18. The number of benzene rings is 1. The third-order valence-corrected chi connectivity index (χ3v) is 5.48. The van der Waals surface area contributed by atoms with Crippen molar-refractivity contribution in [3.8, 4) is 0 Å². The van der Waals surface area contributed by atoms with E-state index in [0.717, 1.165) is 37.9 Å². The summed E-state index contributed by atoms with van der Waals surface area (Å²) in [5.74, 6) is 0. The van der Waals surface area contributed by atoms with Crippen LogP contribution in [-0.2, 0) is 16.4 Å². The highest BCUT2D eigenvalue weighted by Gasteiger charge is 2.23. The van der Waals surface area contributed by atoms with Gasteiger partial charge in [0.05, 0.1) is 4.90 Å². The molecule has 2 rings (SSSR count). The summed E-state index contributed by atoms with van der Waals surface area (Å²) in [6, 6.07) is 7.28. The van der Waals surface area contributed by atoms with Crippen molar-refractivity contribution in [1.29, 1.82) is 0 Å². The zero-order valence-corrected chi connectivity index (χ0v) is 13.4. The van der Waals surface area contributed by atoms with Crippen LogP contribution < -0.4 is 5.32 Å². The molecule has 0 amide bonds. The van der Waals surface area contributed by atoms with Crippen LogP contribution >= 0.6 is 0 Å². The Hall–Kier alpha value is -1.17. The molecule has 0 aliphatic carbocycles. The minimum atomic E-state index is -3.34. The maximum atomic E-state index is 12.5.